The second-order valence-corrected chi connectivity index (χ2v) is 4.52. The molecule has 3 nitrogen and oxygen atoms in total. The summed E-state index contributed by atoms with van der Waals surface area (Å²) in [7, 11) is 0. The van der Waals surface area contributed by atoms with E-state index < -0.39 is 5.91 Å². The van der Waals surface area contributed by atoms with E-state index in [0.29, 0.717) is 16.3 Å². The highest BCUT2D eigenvalue weighted by Crippen LogP contribution is 2.20. The number of benzene rings is 2. The number of nitrogens with zero attached hydrogens (tertiary/aromatic N) is 1. The standard InChI is InChI=1S/C15H13ClN2O/c1-10(11-6-8-12(16)9-7-11)18-14-5-3-2-4-13(14)15(17)19/h2-9H,1H3,(H2,17,19). The van der Waals surface area contributed by atoms with Crippen molar-refractivity contribution >= 4 is 28.9 Å². The smallest absolute Gasteiger partial charge is 0.250 e. The van der Waals surface area contributed by atoms with E-state index in [1.807, 2.05) is 25.1 Å². The maximum Gasteiger partial charge on any atom is 0.250 e. The van der Waals surface area contributed by atoms with Crippen LogP contribution in [0.25, 0.3) is 0 Å². The highest BCUT2D eigenvalue weighted by molar-refractivity contribution is 6.30. The summed E-state index contributed by atoms with van der Waals surface area (Å²) >= 11 is 5.84. The number of para-hydroxylation sites is 1. The lowest BCUT2D eigenvalue weighted by Crippen LogP contribution is -2.11. The molecule has 2 aromatic rings. The molecular formula is C15H13ClN2O. The van der Waals surface area contributed by atoms with Gasteiger partial charge in [0.1, 0.15) is 0 Å². The molecule has 2 rings (SSSR count). The van der Waals surface area contributed by atoms with E-state index in [0.717, 1.165) is 11.3 Å². The minimum atomic E-state index is -0.483. The van der Waals surface area contributed by atoms with E-state index in [-0.39, 0.29) is 0 Å². The lowest BCUT2D eigenvalue weighted by Gasteiger charge is -2.04. The lowest BCUT2D eigenvalue weighted by molar-refractivity contribution is 0.100. The second kappa shape index (κ2) is 5.67. The van der Waals surface area contributed by atoms with Gasteiger partial charge in [0.15, 0.2) is 0 Å². The highest BCUT2D eigenvalue weighted by atomic mass is 35.5. The summed E-state index contributed by atoms with van der Waals surface area (Å²) in [5, 5.41) is 0.675. The number of primary amides is 1. The molecule has 0 saturated heterocycles. The van der Waals surface area contributed by atoms with Crippen LogP contribution in [-0.4, -0.2) is 11.6 Å². The summed E-state index contributed by atoms with van der Waals surface area (Å²) in [6.45, 7) is 1.88. The van der Waals surface area contributed by atoms with Crippen molar-refractivity contribution in [3.63, 3.8) is 0 Å². The highest BCUT2D eigenvalue weighted by Gasteiger charge is 2.06. The normalized spacial score (nSPS) is 11.4. The maximum atomic E-state index is 11.3. The molecule has 0 unspecified atom stereocenters. The molecule has 0 heterocycles. The quantitative estimate of drug-likeness (QED) is 0.853. The third-order valence-electron chi connectivity index (χ3n) is 2.72. The number of carbonyl (C=O) groups is 1. The number of halogens is 1. The Bertz CT molecular complexity index is 633. The van der Waals surface area contributed by atoms with Crippen molar-refractivity contribution in [2.75, 3.05) is 0 Å². The summed E-state index contributed by atoms with van der Waals surface area (Å²) in [5.41, 5.74) is 8.05. The van der Waals surface area contributed by atoms with Gasteiger partial charge in [0, 0.05) is 10.7 Å². The maximum absolute atomic E-state index is 11.3. The first-order chi connectivity index (χ1) is 9.08. The van der Waals surface area contributed by atoms with E-state index in [1.54, 1.807) is 30.3 Å². The topological polar surface area (TPSA) is 55.4 Å². The van der Waals surface area contributed by atoms with Crippen LogP contribution in [0.4, 0.5) is 5.69 Å². The Balaban J connectivity index is 2.41. The lowest BCUT2D eigenvalue weighted by atomic mass is 10.1. The predicted octanol–water partition coefficient (Wildman–Crippen LogP) is 3.58. The van der Waals surface area contributed by atoms with E-state index >= 15 is 0 Å². The molecule has 0 aliphatic carbocycles. The van der Waals surface area contributed by atoms with Crippen molar-refractivity contribution in [2.24, 2.45) is 10.7 Å². The Morgan fingerprint density at radius 3 is 2.37 bits per heavy atom. The number of nitrogens with two attached hydrogens (primary N) is 1. The average Bonchev–Trinajstić information content (AvgIpc) is 2.39. The van der Waals surface area contributed by atoms with Crippen LogP contribution >= 0.6 is 11.6 Å². The number of carbonyl (C=O) groups excluding carboxylic acids is 1. The zero-order chi connectivity index (χ0) is 13.8. The van der Waals surface area contributed by atoms with Crippen LogP contribution in [-0.2, 0) is 0 Å². The Morgan fingerprint density at radius 2 is 1.74 bits per heavy atom. The minimum Gasteiger partial charge on any atom is -0.366 e. The Labute approximate surface area is 116 Å². The van der Waals surface area contributed by atoms with Gasteiger partial charge in [-0.3, -0.25) is 9.79 Å². The van der Waals surface area contributed by atoms with Crippen LogP contribution in [0.15, 0.2) is 53.5 Å². The van der Waals surface area contributed by atoms with Crippen LogP contribution in [0.2, 0.25) is 5.02 Å². The van der Waals surface area contributed by atoms with Crippen LogP contribution in [0.1, 0.15) is 22.8 Å². The van der Waals surface area contributed by atoms with Crippen molar-refractivity contribution in [1.82, 2.24) is 0 Å². The summed E-state index contributed by atoms with van der Waals surface area (Å²) in [6, 6.07) is 14.4. The fourth-order valence-electron chi connectivity index (χ4n) is 1.72. The number of hydrogen-bond donors (Lipinski definition) is 1. The largest absolute Gasteiger partial charge is 0.366 e. The molecule has 0 aliphatic rings. The van der Waals surface area contributed by atoms with Gasteiger partial charge in [-0.2, -0.15) is 0 Å². The molecular weight excluding hydrogens is 260 g/mol. The van der Waals surface area contributed by atoms with Crippen molar-refractivity contribution in [3.8, 4) is 0 Å². The van der Waals surface area contributed by atoms with Crippen molar-refractivity contribution < 1.29 is 4.79 Å². The van der Waals surface area contributed by atoms with Crippen molar-refractivity contribution in [3.05, 3.63) is 64.7 Å². The Kier molecular flexibility index (Phi) is 3.97. The molecule has 0 bridgehead atoms. The van der Waals surface area contributed by atoms with Crippen LogP contribution in [0.5, 0.6) is 0 Å². The van der Waals surface area contributed by atoms with Gasteiger partial charge in [-0.1, -0.05) is 35.9 Å². The Morgan fingerprint density at radius 1 is 1.11 bits per heavy atom. The van der Waals surface area contributed by atoms with Gasteiger partial charge in [0.2, 0.25) is 0 Å². The van der Waals surface area contributed by atoms with Gasteiger partial charge in [-0.25, -0.2) is 0 Å². The SMILES string of the molecule is CC(=Nc1ccccc1C(N)=O)c1ccc(Cl)cc1. The molecule has 19 heavy (non-hydrogen) atoms. The Hall–Kier alpha value is -2.13. The molecule has 0 atom stereocenters. The molecule has 2 aromatic carbocycles. The van der Waals surface area contributed by atoms with Gasteiger partial charge < -0.3 is 5.73 Å². The first-order valence-corrected chi connectivity index (χ1v) is 6.16. The molecule has 0 radical (unpaired) electrons. The van der Waals surface area contributed by atoms with Crippen molar-refractivity contribution in [2.45, 2.75) is 6.92 Å². The number of aliphatic imine (C=N–C) groups is 1. The molecule has 0 fully saturated rings. The van der Waals surface area contributed by atoms with Crippen LogP contribution < -0.4 is 5.73 Å². The molecule has 1 amide bonds. The molecule has 0 aliphatic heterocycles. The molecule has 96 valence electrons. The van der Waals surface area contributed by atoms with Gasteiger partial charge in [0.25, 0.3) is 5.91 Å². The van der Waals surface area contributed by atoms with Gasteiger partial charge in [-0.05, 0) is 36.8 Å². The third kappa shape index (κ3) is 3.20. The van der Waals surface area contributed by atoms with Gasteiger partial charge >= 0.3 is 0 Å². The van der Waals surface area contributed by atoms with E-state index in [9.17, 15) is 4.79 Å². The molecule has 0 saturated carbocycles. The molecule has 0 spiro atoms. The average molecular weight is 273 g/mol. The van der Waals surface area contributed by atoms with Gasteiger partial charge in [-0.15, -0.1) is 0 Å². The summed E-state index contributed by atoms with van der Waals surface area (Å²) in [6.07, 6.45) is 0. The summed E-state index contributed by atoms with van der Waals surface area (Å²) in [5.74, 6) is -0.483. The van der Waals surface area contributed by atoms with E-state index in [2.05, 4.69) is 4.99 Å². The van der Waals surface area contributed by atoms with E-state index in [4.69, 9.17) is 17.3 Å². The monoisotopic (exact) mass is 272 g/mol. The van der Waals surface area contributed by atoms with Crippen LogP contribution in [0, 0.1) is 0 Å². The first kappa shape index (κ1) is 13.3. The number of amides is 1. The van der Waals surface area contributed by atoms with Gasteiger partial charge in [0.05, 0.1) is 11.3 Å². The van der Waals surface area contributed by atoms with Crippen molar-refractivity contribution in [1.29, 1.82) is 0 Å². The number of hydrogen-bond acceptors (Lipinski definition) is 2. The summed E-state index contributed by atoms with van der Waals surface area (Å²) < 4.78 is 0. The van der Waals surface area contributed by atoms with Crippen LogP contribution in [0.3, 0.4) is 0 Å². The molecule has 2 N–H and O–H groups in total. The summed E-state index contributed by atoms with van der Waals surface area (Å²) in [4.78, 5) is 15.8. The fraction of sp³-hybridized carbons (Fsp3) is 0.0667. The number of rotatable bonds is 3. The molecule has 0 aromatic heterocycles. The minimum absolute atomic E-state index is 0.413. The first-order valence-electron chi connectivity index (χ1n) is 5.78. The third-order valence-corrected chi connectivity index (χ3v) is 2.97. The zero-order valence-electron chi connectivity index (χ0n) is 10.4. The second-order valence-electron chi connectivity index (χ2n) is 4.09. The fourth-order valence-corrected chi connectivity index (χ4v) is 1.84. The zero-order valence-corrected chi connectivity index (χ0v) is 11.2. The predicted molar refractivity (Wildman–Crippen MR) is 78.3 cm³/mol. The molecule has 4 heteroatoms. The van der Waals surface area contributed by atoms with E-state index in [1.165, 1.54) is 0 Å².